The minimum atomic E-state index is -2.02. The number of nitrogens with two attached hydrogens (primary N) is 1. The molecule has 12 nitrogen and oxygen atoms in total. The third-order valence-corrected chi connectivity index (χ3v) is 6.75. The largest absolute Gasteiger partial charge is 0.508 e. The minimum Gasteiger partial charge on any atom is -0.508 e. The monoisotopic (exact) mass is 501 g/mol. The second kappa shape index (κ2) is 9.13. The number of aliphatic hydroxyl groups is 1. The molecule has 3 aliphatic rings. The van der Waals surface area contributed by atoms with Gasteiger partial charge < -0.3 is 34.9 Å². The van der Waals surface area contributed by atoms with E-state index >= 15 is 0 Å². The maximum absolute atomic E-state index is 12.9. The van der Waals surface area contributed by atoms with Gasteiger partial charge in [0.15, 0.2) is 6.29 Å². The maximum atomic E-state index is 12.9. The van der Waals surface area contributed by atoms with Crippen LogP contribution in [0.15, 0.2) is 42.5 Å². The molecule has 36 heavy (non-hydrogen) atoms. The van der Waals surface area contributed by atoms with Crippen molar-refractivity contribution in [2.75, 3.05) is 32.4 Å². The number of carbonyl (C=O) groups excluding carboxylic acids is 2. The lowest BCUT2D eigenvalue weighted by molar-refractivity contribution is -0.250. The number of fused-ring (bicyclic) bond motifs is 6. The van der Waals surface area contributed by atoms with Gasteiger partial charge >= 0.3 is 12.2 Å². The number of ether oxygens (including phenoxy) is 4. The highest BCUT2D eigenvalue weighted by atomic mass is 16.8. The highest BCUT2D eigenvalue weighted by molar-refractivity contribution is 5.75. The first-order chi connectivity index (χ1) is 17.3. The molecule has 2 fully saturated rings. The molecule has 2 bridgehead atoms. The zero-order valence-electron chi connectivity index (χ0n) is 19.7. The second-order valence-corrected chi connectivity index (χ2v) is 8.82. The van der Waals surface area contributed by atoms with Crippen molar-refractivity contribution >= 4 is 17.9 Å². The predicted molar refractivity (Wildman–Crippen MR) is 123 cm³/mol. The first kappa shape index (κ1) is 24.1. The number of hydrogen-bond donors (Lipinski definition) is 3. The molecular formula is C24H27N3O9. The molecule has 0 radical (unpaired) electrons. The van der Waals surface area contributed by atoms with Crippen molar-refractivity contribution in [2.45, 2.75) is 36.7 Å². The van der Waals surface area contributed by atoms with E-state index in [0.29, 0.717) is 11.3 Å². The Labute approximate surface area is 206 Å². The number of amides is 2. The summed E-state index contributed by atoms with van der Waals surface area (Å²) < 4.78 is 21.1. The number of rotatable bonds is 7. The molecule has 3 aliphatic heterocycles. The van der Waals surface area contributed by atoms with Gasteiger partial charge in [0.25, 0.3) is 0 Å². The highest BCUT2D eigenvalue weighted by Crippen LogP contribution is 2.57. The third kappa shape index (κ3) is 3.97. The number of hydroxylamine groups is 1. The first-order valence-corrected chi connectivity index (χ1v) is 11.3. The number of phenolic OH excluding ortho intramolecular Hbond substituents is 1. The smallest absolute Gasteiger partial charge is 0.411 e. The van der Waals surface area contributed by atoms with Crippen molar-refractivity contribution in [1.29, 1.82) is 0 Å². The van der Waals surface area contributed by atoms with E-state index in [9.17, 15) is 19.8 Å². The fourth-order valence-corrected chi connectivity index (χ4v) is 5.13. The van der Waals surface area contributed by atoms with Crippen molar-refractivity contribution in [1.82, 2.24) is 4.90 Å². The molecule has 0 saturated carbocycles. The summed E-state index contributed by atoms with van der Waals surface area (Å²) in [6.45, 7) is -0.127. The summed E-state index contributed by atoms with van der Waals surface area (Å²) in [6, 6.07) is 11.1. The van der Waals surface area contributed by atoms with E-state index in [-0.39, 0.29) is 24.5 Å². The molecule has 4 atom stereocenters. The lowest BCUT2D eigenvalue weighted by atomic mass is 9.82. The molecule has 192 valence electrons. The average Bonchev–Trinajstić information content (AvgIpc) is 3.59. The summed E-state index contributed by atoms with van der Waals surface area (Å²) in [5.41, 5.74) is 7.19. The molecular weight excluding hydrogens is 474 g/mol. The van der Waals surface area contributed by atoms with Gasteiger partial charge in [-0.1, -0.05) is 30.3 Å². The number of benzene rings is 2. The number of phenols is 1. The molecule has 4 N–H and O–H groups in total. The molecule has 2 aromatic carbocycles. The summed E-state index contributed by atoms with van der Waals surface area (Å²) in [5, 5.41) is 24.1. The average molecular weight is 501 g/mol. The Morgan fingerprint density at radius 2 is 1.92 bits per heavy atom. The van der Waals surface area contributed by atoms with Crippen LogP contribution in [0.2, 0.25) is 0 Å². The van der Waals surface area contributed by atoms with Crippen LogP contribution in [0.5, 0.6) is 5.75 Å². The number of carbonyl (C=O) groups is 2. The molecule has 2 aromatic rings. The van der Waals surface area contributed by atoms with Crippen molar-refractivity contribution in [3.63, 3.8) is 0 Å². The SMILES string of the molecule is COC(OC)c1cc(O)c2c(c1)N1CC3C(N3C(=O)OCc3ccccc3)C(O)(O1)C2COC(N)=O. The van der Waals surface area contributed by atoms with E-state index in [1.165, 1.54) is 30.2 Å². The Morgan fingerprint density at radius 3 is 2.58 bits per heavy atom. The van der Waals surface area contributed by atoms with Crippen LogP contribution in [-0.2, 0) is 30.4 Å². The zero-order chi connectivity index (χ0) is 25.6. The second-order valence-electron chi connectivity index (χ2n) is 8.82. The predicted octanol–water partition coefficient (Wildman–Crippen LogP) is 1.71. The molecule has 2 amide bonds. The summed E-state index contributed by atoms with van der Waals surface area (Å²) in [6.07, 6.45) is -2.45. The summed E-state index contributed by atoms with van der Waals surface area (Å²) in [5.74, 6) is -3.27. The van der Waals surface area contributed by atoms with Crippen LogP contribution in [0.1, 0.15) is 28.9 Å². The fourth-order valence-electron chi connectivity index (χ4n) is 5.13. The number of primary amides is 1. The van der Waals surface area contributed by atoms with Crippen molar-refractivity contribution in [3.8, 4) is 5.75 Å². The van der Waals surface area contributed by atoms with Crippen LogP contribution in [0.4, 0.5) is 15.3 Å². The Balaban J connectivity index is 1.46. The number of aromatic hydroxyl groups is 1. The molecule has 4 unspecified atom stereocenters. The van der Waals surface area contributed by atoms with E-state index in [0.717, 1.165) is 5.56 Å². The van der Waals surface area contributed by atoms with Gasteiger partial charge in [-0.3, -0.25) is 4.90 Å². The lowest BCUT2D eigenvalue weighted by Crippen LogP contribution is -2.59. The van der Waals surface area contributed by atoms with Crippen molar-refractivity contribution in [3.05, 3.63) is 59.2 Å². The number of hydrogen-bond acceptors (Lipinski definition) is 10. The Bertz CT molecular complexity index is 1160. The quantitative estimate of drug-likeness (QED) is 0.377. The van der Waals surface area contributed by atoms with Crippen molar-refractivity contribution in [2.24, 2.45) is 5.73 Å². The molecule has 3 heterocycles. The van der Waals surface area contributed by atoms with Gasteiger partial charge in [0.05, 0.1) is 24.2 Å². The Hall–Kier alpha value is -3.58. The number of anilines is 1. The van der Waals surface area contributed by atoms with Gasteiger partial charge in [0, 0.05) is 25.3 Å². The summed E-state index contributed by atoms with van der Waals surface area (Å²) >= 11 is 0. The first-order valence-electron chi connectivity index (χ1n) is 11.3. The topological polar surface area (TPSA) is 153 Å². The Morgan fingerprint density at radius 1 is 1.19 bits per heavy atom. The van der Waals surface area contributed by atoms with E-state index in [2.05, 4.69) is 0 Å². The van der Waals surface area contributed by atoms with Crippen LogP contribution < -0.4 is 10.8 Å². The van der Waals surface area contributed by atoms with E-state index < -0.39 is 48.9 Å². The molecule has 12 heteroatoms. The van der Waals surface area contributed by atoms with E-state index in [1.54, 1.807) is 6.07 Å². The maximum Gasteiger partial charge on any atom is 0.411 e. The van der Waals surface area contributed by atoms with E-state index in [4.69, 9.17) is 29.5 Å². The van der Waals surface area contributed by atoms with Crippen LogP contribution in [0.25, 0.3) is 0 Å². The molecule has 2 saturated heterocycles. The van der Waals surface area contributed by atoms with Gasteiger partial charge in [-0.15, -0.1) is 0 Å². The number of methoxy groups -OCH3 is 2. The van der Waals surface area contributed by atoms with Crippen molar-refractivity contribution < 1.29 is 43.6 Å². The molecule has 0 aromatic heterocycles. The highest BCUT2D eigenvalue weighted by Gasteiger charge is 2.72. The molecule has 5 rings (SSSR count). The van der Waals surface area contributed by atoms with Gasteiger partial charge in [0.1, 0.15) is 25.0 Å². The van der Waals surface area contributed by atoms with Gasteiger partial charge in [-0.25, -0.2) is 19.5 Å². The van der Waals surface area contributed by atoms with Gasteiger partial charge in [-0.05, 0) is 17.7 Å². The lowest BCUT2D eigenvalue weighted by Gasteiger charge is -2.47. The fraction of sp³-hybridized carbons (Fsp3) is 0.417. The standard InChI is InChI=1S/C24H27N3O9/c1-32-21(33-2)14-8-16-19(18(28)9-14)15(12-34-22(25)29)24(31)20-17(10-26(16)36-24)27(20)23(30)35-11-13-6-4-3-5-7-13/h3-9,15,17,20-21,28,31H,10-12H2,1-2H3,(H2,25,29). The Kier molecular flexibility index (Phi) is 6.12. The van der Waals surface area contributed by atoms with Gasteiger partial charge in [-0.2, -0.15) is 0 Å². The van der Waals surface area contributed by atoms with Gasteiger partial charge in [0.2, 0.25) is 5.79 Å². The van der Waals surface area contributed by atoms with Crippen LogP contribution in [-0.4, -0.2) is 72.5 Å². The summed E-state index contributed by atoms with van der Waals surface area (Å²) in [4.78, 5) is 31.7. The summed E-state index contributed by atoms with van der Waals surface area (Å²) in [7, 11) is 2.91. The zero-order valence-corrected chi connectivity index (χ0v) is 19.7. The van der Waals surface area contributed by atoms with E-state index in [1.807, 2.05) is 30.3 Å². The van der Waals surface area contributed by atoms with Crippen LogP contribution in [0.3, 0.4) is 0 Å². The third-order valence-electron chi connectivity index (χ3n) is 6.75. The molecule has 0 spiro atoms. The van der Waals surface area contributed by atoms with Crippen LogP contribution in [0, 0.1) is 0 Å². The molecule has 0 aliphatic carbocycles. The minimum absolute atomic E-state index is 0.0621. The normalized spacial score (nSPS) is 25.7. The number of nitrogens with zero attached hydrogens (tertiary/aromatic N) is 2. The van der Waals surface area contributed by atoms with Crippen LogP contribution >= 0.6 is 0 Å².